The number of carbonyl (C=O) groups is 1. The summed E-state index contributed by atoms with van der Waals surface area (Å²) in [4.78, 5) is 12.1. The summed E-state index contributed by atoms with van der Waals surface area (Å²) in [6, 6.07) is 5.83. The zero-order valence-electron chi connectivity index (χ0n) is 11.4. The minimum absolute atomic E-state index is 0.0609. The molecule has 1 aliphatic rings. The Morgan fingerprint density at radius 3 is 2.26 bits per heavy atom. The van der Waals surface area contributed by atoms with Gasteiger partial charge in [-0.2, -0.15) is 0 Å². The lowest BCUT2D eigenvalue weighted by Crippen LogP contribution is -2.61. The molecule has 1 fully saturated rings. The molecule has 1 aromatic rings. The highest BCUT2D eigenvalue weighted by atomic mass is 19.1. The number of halogens is 1. The lowest BCUT2D eigenvalue weighted by atomic mass is 9.53. The fourth-order valence-corrected chi connectivity index (χ4v) is 2.83. The molecule has 1 aliphatic carbocycles. The van der Waals surface area contributed by atoms with Crippen LogP contribution in [-0.4, -0.2) is 23.8 Å². The Morgan fingerprint density at radius 2 is 1.84 bits per heavy atom. The van der Waals surface area contributed by atoms with Crippen molar-refractivity contribution >= 4 is 5.97 Å². The monoisotopic (exact) mass is 266 g/mol. The zero-order chi connectivity index (χ0) is 14.3. The molecule has 1 N–H and O–H groups in total. The smallest absolute Gasteiger partial charge is 0.316 e. The van der Waals surface area contributed by atoms with Gasteiger partial charge in [0.15, 0.2) is 0 Å². The SMILES string of the molecule is COC(=O)C1(c2ccc(F)cc2)CC(O)(C(C)C)C1. The normalized spacial score (nSPS) is 30.0. The summed E-state index contributed by atoms with van der Waals surface area (Å²) in [5.74, 6) is -0.655. The number of esters is 1. The highest BCUT2D eigenvalue weighted by Crippen LogP contribution is 2.54. The van der Waals surface area contributed by atoms with E-state index in [-0.39, 0.29) is 17.7 Å². The van der Waals surface area contributed by atoms with Gasteiger partial charge in [-0.05, 0) is 36.5 Å². The molecule has 3 nitrogen and oxygen atoms in total. The van der Waals surface area contributed by atoms with Crippen LogP contribution in [0.5, 0.6) is 0 Å². The Kier molecular flexibility index (Phi) is 3.39. The van der Waals surface area contributed by atoms with Crippen molar-refractivity contribution in [3.63, 3.8) is 0 Å². The first-order valence-electron chi connectivity index (χ1n) is 6.41. The molecule has 0 spiro atoms. The van der Waals surface area contributed by atoms with Gasteiger partial charge in [-0.1, -0.05) is 26.0 Å². The van der Waals surface area contributed by atoms with Crippen molar-refractivity contribution in [2.45, 2.75) is 37.7 Å². The summed E-state index contributed by atoms with van der Waals surface area (Å²) in [5, 5.41) is 10.4. The molecule has 0 amide bonds. The van der Waals surface area contributed by atoms with Crippen LogP contribution < -0.4 is 0 Å². The van der Waals surface area contributed by atoms with E-state index in [0.717, 1.165) is 0 Å². The summed E-state index contributed by atoms with van der Waals surface area (Å²) < 4.78 is 17.9. The molecule has 0 unspecified atom stereocenters. The van der Waals surface area contributed by atoms with Crippen molar-refractivity contribution in [1.82, 2.24) is 0 Å². The second-order valence-corrected chi connectivity index (χ2v) is 5.69. The van der Waals surface area contributed by atoms with E-state index in [0.29, 0.717) is 18.4 Å². The molecular weight excluding hydrogens is 247 g/mol. The van der Waals surface area contributed by atoms with Crippen molar-refractivity contribution in [2.24, 2.45) is 5.92 Å². The van der Waals surface area contributed by atoms with Crippen LogP contribution in [-0.2, 0) is 14.9 Å². The Hall–Kier alpha value is -1.42. The number of benzene rings is 1. The standard InChI is InChI=1S/C15H19FO3/c1-10(2)15(18)8-14(9-15,13(17)19-3)11-4-6-12(16)7-5-11/h4-7,10,18H,8-9H2,1-3H3. The van der Waals surface area contributed by atoms with E-state index in [2.05, 4.69) is 0 Å². The molecule has 0 atom stereocenters. The van der Waals surface area contributed by atoms with Crippen LogP contribution in [0.4, 0.5) is 4.39 Å². The lowest BCUT2D eigenvalue weighted by molar-refractivity contribution is -0.175. The predicted molar refractivity (Wildman–Crippen MR) is 69.1 cm³/mol. The van der Waals surface area contributed by atoms with Gasteiger partial charge >= 0.3 is 5.97 Å². The molecule has 19 heavy (non-hydrogen) atoms. The van der Waals surface area contributed by atoms with Crippen LogP contribution in [0.15, 0.2) is 24.3 Å². The average Bonchev–Trinajstić information content (AvgIpc) is 2.34. The third-order valence-electron chi connectivity index (χ3n) is 4.26. The summed E-state index contributed by atoms with van der Waals surface area (Å²) in [6.07, 6.45) is 0.631. The fourth-order valence-electron chi connectivity index (χ4n) is 2.83. The van der Waals surface area contributed by atoms with Gasteiger partial charge in [-0.25, -0.2) is 4.39 Å². The molecule has 0 heterocycles. The largest absolute Gasteiger partial charge is 0.468 e. The maximum Gasteiger partial charge on any atom is 0.316 e. The van der Waals surface area contributed by atoms with E-state index < -0.39 is 11.0 Å². The van der Waals surface area contributed by atoms with Gasteiger partial charge in [0.2, 0.25) is 0 Å². The average molecular weight is 266 g/mol. The van der Waals surface area contributed by atoms with Gasteiger partial charge in [0.25, 0.3) is 0 Å². The quantitative estimate of drug-likeness (QED) is 0.855. The van der Waals surface area contributed by atoms with Crippen molar-refractivity contribution in [1.29, 1.82) is 0 Å². The number of aliphatic hydroxyl groups is 1. The number of rotatable bonds is 3. The van der Waals surface area contributed by atoms with E-state index in [1.54, 1.807) is 12.1 Å². The van der Waals surface area contributed by atoms with Crippen LogP contribution >= 0.6 is 0 Å². The first kappa shape index (κ1) is 14.0. The molecule has 0 aromatic heterocycles. The van der Waals surface area contributed by atoms with E-state index in [4.69, 9.17) is 4.74 Å². The Morgan fingerprint density at radius 1 is 1.32 bits per heavy atom. The number of methoxy groups -OCH3 is 1. The molecule has 0 radical (unpaired) electrons. The van der Waals surface area contributed by atoms with E-state index in [1.165, 1.54) is 19.2 Å². The lowest BCUT2D eigenvalue weighted by Gasteiger charge is -2.53. The molecule has 0 aliphatic heterocycles. The van der Waals surface area contributed by atoms with Crippen LogP contribution in [0.2, 0.25) is 0 Å². The minimum Gasteiger partial charge on any atom is -0.468 e. The number of hydrogen-bond acceptors (Lipinski definition) is 3. The number of carbonyl (C=O) groups excluding carboxylic acids is 1. The summed E-state index contributed by atoms with van der Waals surface area (Å²) in [6.45, 7) is 3.84. The Bertz CT molecular complexity index is 473. The highest BCUT2D eigenvalue weighted by Gasteiger charge is 2.61. The Labute approximate surface area is 112 Å². The fraction of sp³-hybridized carbons (Fsp3) is 0.533. The van der Waals surface area contributed by atoms with Gasteiger partial charge in [-0.3, -0.25) is 4.79 Å². The molecule has 1 aromatic carbocycles. The molecule has 2 rings (SSSR count). The molecule has 104 valence electrons. The van der Waals surface area contributed by atoms with Gasteiger partial charge in [-0.15, -0.1) is 0 Å². The number of ether oxygens (including phenoxy) is 1. The molecule has 0 bridgehead atoms. The third-order valence-corrected chi connectivity index (χ3v) is 4.26. The second kappa shape index (κ2) is 4.60. The summed E-state index contributed by atoms with van der Waals surface area (Å²) >= 11 is 0. The van der Waals surface area contributed by atoms with Crippen molar-refractivity contribution in [2.75, 3.05) is 7.11 Å². The second-order valence-electron chi connectivity index (χ2n) is 5.69. The zero-order valence-corrected chi connectivity index (χ0v) is 11.4. The topological polar surface area (TPSA) is 46.5 Å². The molecule has 4 heteroatoms. The Balaban J connectivity index is 2.35. The van der Waals surface area contributed by atoms with E-state index in [9.17, 15) is 14.3 Å². The van der Waals surface area contributed by atoms with Crippen molar-refractivity contribution < 1.29 is 19.0 Å². The first-order valence-corrected chi connectivity index (χ1v) is 6.41. The van der Waals surface area contributed by atoms with E-state index in [1.807, 2.05) is 13.8 Å². The molecular formula is C15H19FO3. The van der Waals surface area contributed by atoms with Crippen LogP contribution in [0.3, 0.4) is 0 Å². The van der Waals surface area contributed by atoms with Crippen LogP contribution in [0.1, 0.15) is 32.3 Å². The first-order chi connectivity index (χ1) is 8.84. The minimum atomic E-state index is -0.859. The third kappa shape index (κ3) is 2.14. The highest BCUT2D eigenvalue weighted by molar-refractivity contribution is 5.85. The van der Waals surface area contributed by atoms with Crippen LogP contribution in [0, 0.1) is 11.7 Å². The van der Waals surface area contributed by atoms with Gasteiger partial charge in [0.1, 0.15) is 5.82 Å². The van der Waals surface area contributed by atoms with Gasteiger partial charge in [0, 0.05) is 0 Å². The summed E-state index contributed by atoms with van der Waals surface area (Å²) in [5.41, 5.74) is -1.00. The van der Waals surface area contributed by atoms with E-state index >= 15 is 0 Å². The maximum atomic E-state index is 13.0. The van der Waals surface area contributed by atoms with Crippen molar-refractivity contribution in [3.8, 4) is 0 Å². The van der Waals surface area contributed by atoms with Gasteiger partial charge < -0.3 is 9.84 Å². The number of hydrogen-bond donors (Lipinski definition) is 1. The molecule has 0 saturated heterocycles. The summed E-state index contributed by atoms with van der Waals surface area (Å²) in [7, 11) is 1.33. The predicted octanol–water partition coefficient (Wildman–Crippen LogP) is 2.42. The van der Waals surface area contributed by atoms with Crippen LogP contribution in [0.25, 0.3) is 0 Å². The molecule has 1 saturated carbocycles. The van der Waals surface area contributed by atoms with Gasteiger partial charge in [0.05, 0.1) is 18.1 Å². The van der Waals surface area contributed by atoms with Crippen molar-refractivity contribution in [3.05, 3.63) is 35.6 Å². The maximum absolute atomic E-state index is 13.0.